The Labute approximate surface area is 116 Å². The lowest BCUT2D eigenvalue weighted by Gasteiger charge is -2.10. The van der Waals surface area contributed by atoms with Gasteiger partial charge in [-0.25, -0.2) is 0 Å². The minimum Gasteiger partial charge on any atom is -0.507 e. The van der Waals surface area contributed by atoms with Gasteiger partial charge in [-0.1, -0.05) is 30.3 Å². The van der Waals surface area contributed by atoms with E-state index in [1.54, 1.807) is 24.3 Å². The first-order chi connectivity index (χ1) is 9.17. The smallest absolute Gasteiger partial charge is 0.196 e. The summed E-state index contributed by atoms with van der Waals surface area (Å²) in [5, 5.41) is 9.89. The van der Waals surface area contributed by atoms with Gasteiger partial charge in [0.1, 0.15) is 5.75 Å². The van der Waals surface area contributed by atoms with Crippen LogP contribution in [0.1, 0.15) is 15.9 Å². The maximum atomic E-state index is 12.3. The van der Waals surface area contributed by atoms with Crippen LogP contribution >= 0.6 is 12.9 Å². The number of benzene rings is 2. The summed E-state index contributed by atoms with van der Waals surface area (Å²) in [7, 11) is 1.43. The molecule has 0 amide bonds. The fourth-order valence-electron chi connectivity index (χ4n) is 1.71. The van der Waals surface area contributed by atoms with Gasteiger partial charge in [-0.3, -0.25) is 4.79 Å². The number of methoxy groups -OCH3 is 1. The molecular formula is C14H12O4S. The molecule has 0 aromatic heterocycles. The van der Waals surface area contributed by atoms with E-state index in [1.165, 1.54) is 19.2 Å². The van der Waals surface area contributed by atoms with Crippen molar-refractivity contribution < 1.29 is 18.8 Å². The summed E-state index contributed by atoms with van der Waals surface area (Å²) in [4.78, 5) is 12.3. The normalized spacial score (nSPS) is 10.0. The molecule has 0 heterocycles. The van der Waals surface area contributed by atoms with E-state index in [2.05, 4.69) is 12.9 Å². The molecule has 0 unspecified atom stereocenters. The van der Waals surface area contributed by atoms with Crippen LogP contribution in [0.25, 0.3) is 0 Å². The van der Waals surface area contributed by atoms with Gasteiger partial charge in [-0.2, -0.15) is 0 Å². The highest BCUT2D eigenvalue weighted by Gasteiger charge is 2.17. The molecule has 0 spiro atoms. The van der Waals surface area contributed by atoms with E-state index in [0.717, 1.165) is 0 Å². The average molecular weight is 276 g/mol. The van der Waals surface area contributed by atoms with Crippen molar-refractivity contribution in [1.82, 2.24) is 0 Å². The summed E-state index contributed by atoms with van der Waals surface area (Å²) in [5.41, 5.74) is 0.615. The number of carbonyl (C=O) groups excluding carboxylic acids is 1. The maximum absolute atomic E-state index is 12.3. The second-order valence-corrected chi connectivity index (χ2v) is 3.99. The van der Waals surface area contributed by atoms with Gasteiger partial charge in [0.25, 0.3) is 0 Å². The fourth-order valence-corrected chi connectivity index (χ4v) is 1.85. The zero-order chi connectivity index (χ0) is 13.8. The van der Waals surface area contributed by atoms with Crippen LogP contribution in [0.2, 0.25) is 0 Å². The molecule has 4 nitrogen and oxygen atoms in total. The molecule has 2 aromatic carbocycles. The Morgan fingerprint density at radius 1 is 1.16 bits per heavy atom. The molecule has 2 rings (SSSR count). The van der Waals surface area contributed by atoms with Crippen molar-refractivity contribution >= 4 is 18.7 Å². The number of carbonyl (C=O) groups is 1. The van der Waals surface area contributed by atoms with E-state index < -0.39 is 0 Å². The van der Waals surface area contributed by atoms with Gasteiger partial charge in [-0.15, -0.1) is 0 Å². The minimum atomic E-state index is -0.299. The number of thiol groups is 1. The first-order valence-electron chi connectivity index (χ1n) is 5.49. The van der Waals surface area contributed by atoms with Crippen LogP contribution in [-0.2, 0) is 0 Å². The van der Waals surface area contributed by atoms with Crippen LogP contribution in [0.15, 0.2) is 42.5 Å². The monoisotopic (exact) mass is 276 g/mol. The fraction of sp³-hybridized carbons (Fsp3) is 0.0714. The SMILES string of the molecule is COc1cc(O)c(C(=O)c2ccccc2)cc1OS. The second-order valence-electron chi connectivity index (χ2n) is 3.81. The third-order valence-corrected chi connectivity index (χ3v) is 2.86. The lowest BCUT2D eigenvalue weighted by atomic mass is 10.0. The van der Waals surface area contributed by atoms with Crippen LogP contribution in [0.4, 0.5) is 0 Å². The summed E-state index contributed by atoms with van der Waals surface area (Å²) >= 11 is 3.70. The van der Waals surface area contributed by atoms with Crippen molar-refractivity contribution in [3.05, 3.63) is 53.6 Å². The molecule has 2 aromatic rings. The lowest BCUT2D eigenvalue weighted by molar-refractivity contribution is 0.103. The van der Waals surface area contributed by atoms with Crippen molar-refractivity contribution in [2.24, 2.45) is 0 Å². The highest BCUT2D eigenvalue weighted by molar-refractivity contribution is 7.75. The molecule has 0 saturated carbocycles. The molecule has 5 heteroatoms. The molecule has 0 fully saturated rings. The van der Waals surface area contributed by atoms with Crippen molar-refractivity contribution in [2.75, 3.05) is 7.11 Å². The molecule has 0 aliphatic heterocycles. The molecule has 19 heavy (non-hydrogen) atoms. The number of ketones is 1. The third kappa shape index (κ3) is 2.66. The van der Waals surface area contributed by atoms with E-state index in [-0.39, 0.29) is 22.8 Å². The number of hydrogen-bond acceptors (Lipinski definition) is 5. The van der Waals surface area contributed by atoms with Gasteiger partial charge in [0.15, 0.2) is 17.3 Å². The van der Waals surface area contributed by atoms with Crippen LogP contribution in [-0.4, -0.2) is 18.0 Å². The van der Waals surface area contributed by atoms with Gasteiger partial charge in [0, 0.05) is 30.6 Å². The van der Waals surface area contributed by atoms with Crippen LogP contribution < -0.4 is 8.92 Å². The van der Waals surface area contributed by atoms with Gasteiger partial charge in [-0.05, 0) is 0 Å². The predicted molar refractivity (Wildman–Crippen MR) is 74.1 cm³/mol. The lowest BCUT2D eigenvalue weighted by Crippen LogP contribution is -2.02. The Morgan fingerprint density at radius 3 is 2.42 bits per heavy atom. The zero-order valence-corrected chi connectivity index (χ0v) is 11.1. The largest absolute Gasteiger partial charge is 0.507 e. The molecule has 1 N–H and O–H groups in total. The number of rotatable bonds is 4. The van der Waals surface area contributed by atoms with Crippen molar-refractivity contribution in [3.63, 3.8) is 0 Å². The second kappa shape index (κ2) is 5.67. The first kappa shape index (κ1) is 13.3. The molecule has 0 radical (unpaired) electrons. The molecular weight excluding hydrogens is 264 g/mol. The van der Waals surface area contributed by atoms with Crippen molar-refractivity contribution in [3.8, 4) is 17.2 Å². The Morgan fingerprint density at radius 2 is 1.84 bits per heavy atom. The summed E-state index contributed by atoms with van der Waals surface area (Å²) in [6.45, 7) is 0. The van der Waals surface area contributed by atoms with Crippen LogP contribution in [0.3, 0.4) is 0 Å². The molecule has 0 aliphatic carbocycles. The summed E-state index contributed by atoms with van der Waals surface area (Å²) in [6.07, 6.45) is 0. The van der Waals surface area contributed by atoms with E-state index in [4.69, 9.17) is 8.92 Å². The third-order valence-electron chi connectivity index (χ3n) is 2.66. The number of hydrogen-bond donors (Lipinski definition) is 2. The first-order valence-corrected chi connectivity index (χ1v) is 5.86. The summed E-state index contributed by atoms with van der Waals surface area (Å²) in [6, 6.07) is 11.4. The van der Waals surface area contributed by atoms with E-state index in [1.807, 2.05) is 6.07 Å². The van der Waals surface area contributed by atoms with E-state index in [0.29, 0.717) is 11.3 Å². The van der Waals surface area contributed by atoms with Gasteiger partial charge < -0.3 is 14.0 Å². The molecule has 0 aliphatic rings. The Balaban J connectivity index is 2.48. The van der Waals surface area contributed by atoms with Crippen molar-refractivity contribution in [2.45, 2.75) is 0 Å². The average Bonchev–Trinajstić information content (AvgIpc) is 2.47. The minimum absolute atomic E-state index is 0.135. The quantitative estimate of drug-likeness (QED) is 0.512. The topological polar surface area (TPSA) is 55.8 Å². The van der Waals surface area contributed by atoms with Crippen LogP contribution in [0, 0.1) is 0 Å². The Bertz CT molecular complexity index is 596. The molecule has 0 atom stereocenters. The Kier molecular flexibility index (Phi) is 3.97. The van der Waals surface area contributed by atoms with E-state index >= 15 is 0 Å². The van der Waals surface area contributed by atoms with Crippen LogP contribution in [0.5, 0.6) is 17.2 Å². The highest BCUT2D eigenvalue weighted by atomic mass is 32.1. The zero-order valence-electron chi connectivity index (χ0n) is 10.2. The number of phenolic OH excluding ortho intramolecular Hbond substituents is 1. The predicted octanol–water partition coefficient (Wildman–Crippen LogP) is 2.86. The highest BCUT2D eigenvalue weighted by Crippen LogP contribution is 2.35. The Hall–Kier alpha value is -2.14. The van der Waals surface area contributed by atoms with Gasteiger partial charge in [0.2, 0.25) is 0 Å². The van der Waals surface area contributed by atoms with E-state index in [9.17, 15) is 9.90 Å². The van der Waals surface area contributed by atoms with Gasteiger partial charge >= 0.3 is 0 Å². The molecule has 0 saturated heterocycles. The maximum Gasteiger partial charge on any atom is 0.196 e. The summed E-state index contributed by atoms with van der Waals surface area (Å²) in [5.74, 6) is 0.104. The van der Waals surface area contributed by atoms with Crippen molar-refractivity contribution in [1.29, 1.82) is 0 Å². The number of phenols is 1. The van der Waals surface area contributed by atoms with Gasteiger partial charge in [0.05, 0.1) is 12.7 Å². The molecule has 0 bridgehead atoms. The molecule has 98 valence electrons. The summed E-state index contributed by atoms with van der Waals surface area (Å²) < 4.78 is 9.84. The number of aromatic hydroxyl groups is 1. The number of ether oxygens (including phenoxy) is 1. The standard InChI is InChI=1S/C14H12O4S/c1-17-12-8-11(15)10(7-13(12)18-19)14(16)9-5-3-2-4-6-9/h2-8,15,19H,1H3.